The van der Waals surface area contributed by atoms with Crippen molar-refractivity contribution in [1.82, 2.24) is 5.32 Å². The molecule has 1 aromatic carbocycles. The Labute approximate surface area is 119 Å². The minimum Gasteiger partial charge on any atom is -0.481 e. The van der Waals surface area contributed by atoms with Crippen molar-refractivity contribution in [2.75, 3.05) is 6.26 Å². The van der Waals surface area contributed by atoms with Crippen molar-refractivity contribution in [3.8, 4) is 0 Å². The summed E-state index contributed by atoms with van der Waals surface area (Å²) < 4.78 is 0. The maximum absolute atomic E-state index is 11.3. The SMILES string of the molecule is CSc1ccc(CNC(C)(C)C(C)(C)C(=O)O)cc1. The highest BCUT2D eigenvalue weighted by Gasteiger charge is 2.42. The first-order chi connectivity index (χ1) is 8.70. The number of carbonyl (C=O) groups is 1. The third-order valence-electron chi connectivity index (χ3n) is 3.99. The van der Waals surface area contributed by atoms with E-state index in [4.69, 9.17) is 0 Å². The van der Waals surface area contributed by atoms with Crippen molar-refractivity contribution in [3.63, 3.8) is 0 Å². The van der Waals surface area contributed by atoms with Crippen LogP contribution in [-0.2, 0) is 11.3 Å². The second kappa shape index (κ2) is 5.97. The Bertz CT molecular complexity index is 438. The molecule has 106 valence electrons. The zero-order valence-corrected chi connectivity index (χ0v) is 13.1. The molecule has 0 aliphatic rings. The van der Waals surface area contributed by atoms with Crippen LogP contribution in [0.15, 0.2) is 29.2 Å². The molecular formula is C15H23NO2S. The van der Waals surface area contributed by atoms with E-state index in [1.165, 1.54) is 4.90 Å². The highest BCUT2D eigenvalue weighted by atomic mass is 32.2. The number of carboxylic acid groups (broad SMARTS) is 1. The van der Waals surface area contributed by atoms with E-state index in [1.54, 1.807) is 25.6 Å². The lowest BCUT2D eigenvalue weighted by atomic mass is 9.74. The Morgan fingerprint density at radius 1 is 1.21 bits per heavy atom. The van der Waals surface area contributed by atoms with Crippen LogP contribution >= 0.6 is 11.8 Å². The fraction of sp³-hybridized carbons (Fsp3) is 0.533. The van der Waals surface area contributed by atoms with Crippen LogP contribution < -0.4 is 5.32 Å². The molecule has 0 bridgehead atoms. The standard InChI is InChI=1S/C15H23NO2S/c1-14(2,13(17)18)15(3,4)16-10-11-6-8-12(19-5)9-7-11/h6-9,16H,10H2,1-5H3,(H,17,18). The molecule has 4 heteroatoms. The third-order valence-corrected chi connectivity index (χ3v) is 4.73. The molecule has 0 amide bonds. The lowest BCUT2D eigenvalue weighted by Crippen LogP contribution is -2.54. The van der Waals surface area contributed by atoms with Gasteiger partial charge >= 0.3 is 5.97 Å². The normalized spacial score (nSPS) is 12.5. The number of rotatable bonds is 6. The van der Waals surface area contributed by atoms with Crippen LogP contribution in [0.3, 0.4) is 0 Å². The predicted octanol–water partition coefficient (Wildman–Crippen LogP) is 3.39. The Morgan fingerprint density at radius 2 is 1.74 bits per heavy atom. The van der Waals surface area contributed by atoms with Crippen molar-refractivity contribution in [2.24, 2.45) is 5.41 Å². The largest absolute Gasteiger partial charge is 0.481 e. The van der Waals surface area contributed by atoms with Crippen LogP contribution in [0.5, 0.6) is 0 Å². The monoisotopic (exact) mass is 281 g/mol. The molecule has 0 atom stereocenters. The van der Waals surface area contributed by atoms with Gasteiger partial charge in [-0.25, -0.2) is 0 Å². The van der Waals surface area contributed by atoms with Crippen LogP contribution in [0.25, 0.3) is 0 Å². The molecule has 0 radical (unpaired) electrons. The minimum atomic E-state index is -0.827. The first kappa shape index (κ1) is 16.1. The van der Waals surface area contributed by atoms with E-state index in [2.05, 4.69) is 29.6 Å². The van der Waals surface area contributed by atoms with Crippen molar-refractivity contribution >= 4 is 17.7 Å². The molecule has 1 rings (SSSR count). The Morgan fingerprint density at radius 3 is 2.16 bits per heavy atom. The van der Waals surface area contributed by atoms with Gasteiger partial charge in [0.15, 0.2) is 0 Å². The molecule has 2 N–H and O–H groups in total. The van der Waals surface area contributed by atoms with Gasteiger partial charge in [-0.1, -0.05) is 12.1 Å². The molecule has 0 saturated carbocycles. The second-order valence-corrected chi connectivity index (χ2v) is 6.64. The van der Waals surface area contributed by atoms with Gasteiger partial charge in [0, 0.05) is 17.0 Å². The second-order valence-electron chi connectivity index (χ2n) is 5.76. The van der Waals surface area contributed by atoms with Crippen LogP contribution in [0, 0.1) is 5.41 Å². The fourth-order valence-corrected chi connectivity index (χ4v) is 1.96. The maximum atomic E-state index is 11.3. The van der Waals surface area contributed by atoms with E-state index >= 15 is 0 Å². The van der Waals surface area contributed by atoms with Crippen molar-refractivity contribution < 1.29 is 9.90 Å². The first-order valence-corrected chi connectivity index (χ1v) is 7.54. The fourth-order valence-electron chi connectivity index (χ4n) is 1.55. The Balaban J connectivity index is 2.71. The van der Waals surface area contributed by atoms with Gasteiger partial charge in [0.2, 0.25) is 0 Å². The molecule has 0 aliphatic carbocycles. The van der Waals surface area contributed by atoms with Gasteiger partial charge in [0.25, 0.3) is 0 Å². The van der Waals surface area contributed by atoms with Crippen LogP contribution in [0.4, 0.5) is 0 Å². The molecule has 0 fully saturated rings. The van der Waals surface area contributed by atoms with Gasteiger partial charge in [-0.2, -0.15) is 0 Å². The summed E-state index contributed by atoms with van der Waals surface area (Å²) >= 11 is 1.71. The van der Waals surface area contributed by atoms with Crippen LogP contribution in [0.1, 0.15) is 33.3 Å². The number of aliphatic carboxylic acids is 1. The molecule has 0 spiro atoms. The van der Waals surface area contributed by atoms with Crippen LogP contribution in [-0.4, -0.2) is 22.9 Å². The molecule has 0 aliphatic heterocycles. The number of nitrogens with one attached hydrogen (secondary N) is 1. The third kappa shape index (κ3) is 3.74. The van der Waals surface area contributed by atoms with E-state index in [1.807, 2.05) is 20.1 Å². The molecule has 19 heavy (non-hydrogen) atoms. The van der Waals surface area contributed by atoms with E-state index in [9.17, 15) is 9.90 Å². The lowest BCUT2D eigenvalue weighted by molar-refractivity contribution is -0.151. The number of carboxylic acids is 1. The van der Waals surface area contributed by atoms with E-state index < -0.39 is 16.9 Å². The number of thioether (sulfide) groups is 1. The highest BCUT2D eigenvalue weighted by molar-refractivity contribution is 7.98. The summed E-state index contributed by atoms with van der Waals surface area (Å²) in [6.45, 7) is 8.02. The summed E-state index contributed by atoms with van der Waals surface area (Å²) in [7, 11) is 0. The molecule has 0 saturated heterocycles. The topological polar surface area (TPSA) is 49.3 Å². The van der Waals surface area contributed by atoms with E-state index in [0.29, 0.717) is 6.54 Å². The molecular weight excluding hydrogens is 258 g/mol. The molecule has 0 unspecified atom stereocenters. The summed E-state index contributed by atoms with van der Waals surface area (Å²) in [6.07, 6.45) is 2.05. The van der Waals surface area contributed by atoms with Crippen molar-refractivity contribution in [1.29, 1.82) is 0 Å². The Hall–Kier alpha value is -1.00. The minimum absolute atomic E-state index is 0.489. The molecule has 1 aromatic rings. The zero-order valence-electron chi connectivity index (χ0n) is 12.3. The van der Waals surface area contributed by atoms with Gasteiger partial charge in [0.05, 0.1) is 5.41 Å². The maximum Gasteiger partial charge on any atom is 0.310 e. The Kier molecular flexibility index (Phi) is 5.04. The van der Waals surface area contributed by atoms with Gasteiger partial charge < -0.3 is 10.4 Å². The predicted molar refractivity (Wildman–Crippen MR) is 80.6 cm³/mol. The summed E-state index contributed by atoms with van der Waals surface area (Å²) in [5.74, 6) is -0.789. The molecule has 3 nitrogen and oxygen atoms in total. The average molecular weight is 281 g/mol. The van der Waals surface area contributed by atoms with Gasteiger partial charge in [-0.05, 0) is 51.6 Å². The van der Waals surface area contributed by atoms with Crippen LogP contribution in [0.2, 0.25) is 0 Å². The highest BCUT2D eigenvalue weighted by Crippen LogP contribution is 2.31. The summed E-state index contributed by atoms with van der Waals surface area (Å²) in [5.41, 5.74) is -0.157. The number of hydrogen-bond donors (Lipinski definition) is 2. The smallest absolute Gasteiger partial charge is 0.310 e. The summed E-state index contributed by atoms with van der Waals surface area (Å²) in [4.78, 5) is 12.6. The van der Waals surface area contributed by atoms with Gasteiger partial charge in [-0.3, -0.25) is 4.79 Å². The van der Waals surface area contributed by atoms with Crippen molar-refractivity contribution in [3.05, 3.63) is 29.8 Å². The zero-order chi connectivity index (χ0) is 14.7. The quantitative estimate of drug-likeness (QED) is 0.785. The average Bonchev–Trinajstić information content (AvgIpc) is 2.36. The summed E-state index contributed by atoms with van der Waals surface area (Å²) in [6, 6.07) is 8.30. The summed E-state index contributed by atoms with van der Waals surface area (Å²) in [5, 5.41) is 12.6. The van der Waals surface area contributed by atoms with Crippen molar-refractivity contribution in [2.45, 2.75) is 44.7 Å². The number of hydrogen-bond acceptors (Lipinski definition) is 3. The molecule has 0 heterocycles. The lowest BCUT2D eigenvalue weighted by Gasteiger charge is -2.39. The van der Waals surface area contributed by atoms with E-state index in [-0.39, 0.29) is 0 Å². The molecule has 0 aromatic heterocycles. The number of benzene rings is 1. The van der Waals surface area contributed by atoms with Gasteiger partial charge in [0.1, 0.15) is 0 Å². The van der Waals surface area contributed by atoms with E-state index in [0.717, 1.165) is 5.56 Å². The first-order valence-electron chi connectivity index (χ1n) is 6.32. The van der Waals surface area contributed by atoms with Gasteiger partial charge in [-0.15, -0.1) is 11.8 Å².